The maximum Gasteiger partial charge on any atom is 0.269 e. The third kappa shape index (κ3) is 2.64. The highest BCUT2D eigenvalue weighted by Crippen LogP contribution is 2.39. The minimum atomic E-state index is -0.360. The molecule has 0 radical (unpaired) electrons. The number of nitrogens with zero attached hydrogens (tertiary/aromatic N) is 2. The first-order chi connectivity index (χ1) is 13.6. The van der Waals surface area contributed by atoms with Gasteiger partial charge in [-0.1, -0.05) is 37.3 Å². The van der Waals surface area contributed by atoms with Gasteiger partial charge in [0.05, 0.1) is 16.1 Å². The minimum Gasteiger partial charge on any atom is -0.258 e. The molecule has 0 amide bonds. The second kappa shape index (κ2) is 6.41. The van der Waals surface area contributed by atoms with E-state index in [1.54, 1.807) is 12.1 Å². The Labute approximate surface area is 163 Å². The lowest BCUT2D eigenvalue weighted by Gasteiger charge is -2.26. The third-order valence-corrected chi connectivity index (χ3v) is 5.88. The number of aryl methyl sites for hydroxylation is 1. The summed E-state index contributed by atoms with van der Waals surface area (Å²) in [4.78, 5) is 15.7. The summed E-state index contributed by atoms with van der Waals surface area (Å²) in [6.07, 6.45) is 3.21. The van der Waals surface area contributed by atoms with Crippen molar-refractivity contribution in [1.29, 1.82) is 0 Å². The molecule has 1 aliphatic rings. The summed E-state index contributed by atoms with van der Waals surface area (Å²) in [6.45, 7) is 2.29. The number of benzene rings is 3. The van der Waals surface area contributed by atoms with Crippen LogP contribution in [0.4, 0.5) is 5.69 Å². The van der Waals surface area contributed by atoms with Crippen LogP contribution in [-0.2, 0) is 12.8 Å². The van der Waals surface area contributed by atoms with Crippen molar-refractivity contribution in [3.63, 3.8) is 0 Å². The molecule has 3 aromatic carbocycles. The molecule has 138 valence electrons. The first kappa shape index (κ1) is 16.9. The molecular weight excluding hydrogens is 348 g/mol. The van der Waals surface area contributed by atoms with Gasteiger partial charge in [-0.25, -0.2) is 4.98 Å². The molecule has 0 fully saturated rings. The fourth-order valence-electron chi connectivity index (χ4n) is 4.47. The topological polar surface area (TPSA) is 56.0 Å². The van der Waals surface area contributed by atoms with E-state index in [1.807, 2.05) is 12.1 Å². The number of non-ortho nitro benzene ring substituents is 1. The molecule has 0 saturated carbocycles. The number of pyridine rings is 1. The van der Waals surface area contributed by atoms with Gasteiger partial charge in [0.15, 0.2) is 0 Å². The van der Waals surface area contributed by atoms with E-state index in [-0.39, 0.29) is 10.6 Å². The first-order valence-electron chi connectivity index (χ1n) is 9.70. The lowest BCUT2D eigenvalue weighted by molar-refractivity contribution is -0.384. The lowest BCUT2D eigenvalue weighted by atomic mass is 9.80. The molecular formula is C24H20N2O2. The predicted octanol–water partition coefficient (Wildman–Crippen LogP) is 6.09. The number of hydrogen-bond acceptors (Lipinski definition) is 3. The molecule has 4 aromatic rings. The van der Waals surface area contributed by atoms with Crippen molar-refractivity contribution in [3.05, 3.63) is 81.9 Å². The SMILES string of the molecule is C[C@@H]1CCc2c(c(-c3ccc([N+](=O)[O-])cc3)nc3ccc4ccccc4c23)C1. The molecule has 0 bridgehead atoms. The maximum absolute atomic E-state index is 11.0. The fourth-order valence-corrected chi connectivity index (χ4v) is 4.47. The first-order valence-corrected chi connectivity index (χ1v) is 9.70. The summed E-state index contributed by atoms with van der Waals surface area (Å²) >= 11 is 0. The standard InChI is InChI=1S/C24H20N2O2/c1-15-6-12-20-21(14-15)24(17-7-10-18(11-8-17)26(27)28)25-22-13-9-16-4-2-3-5-19(16)23(20)22/h2-5,7-11,13,15H,6,12,14H2,1H3/t15-/m1/s1. The smallest absolute Gasteiger partial charge is 0.258 e. The van der Waals surface area contributed by atoms with Crippen LogP contribution in [0.3, 0.4) is 0 Å². The third-order valence-electron chi connectivity index (χ3n) is 5.88. The maximum atomic E-state index is 11.0. The zero-order valence-electron chi connectivity index (χ0n) is 15.7. The highest BCUT2D eigenvalue weighted by molar-refractivity contribution is 6.09. The Morgan fingerprint density at radius 3 is 2.57 bits per heavy atom. The van der Waals surface area contributed by atoms with Gasteiger partial charge in [-0.3, -0.25) is 10.1 Å². The van der Waals surface area contributed by atoms with E-state index in [4.69, 9.17) is 4.98 Å². The van der Waals surface area contributed by atoms with Crippen molar-refractivity contribution in [2.45, 2.75) is 26.2 Å². The van der Waals surface area contributed by atoms with Gasteiger partial charge < -0.3 is 0 Å². The van der Waals surface area contributed by atoms with E-state index in [2.05, 4.69) is 43.3 Å². The fraction of sp³-hybridized carbons (Fsp3) is 0.208. The van der Waals surface area contributed by atoms with E-state index in [0.717, 1.165) is 29.6 Å². The van der Waals surface area contributed by atoms with Gasteiger partial charge >= 0.3 is 0 Å². The minimum absolute atomic E-state index is 0.109. The van der Waals surface area contributed by atoms with Gasteiger partial charge in [0.2, 0.25) is 0 Å². The van der Waals surface area contributed by atoms with Crippen molar-refractivity contribution in [2.24, 2.45) is 5.92 Å². The number of nitro benzene ring substituents is 1. The summed E-state index contributed by atoms with van der Waals surface area (Å²) in [5.74, 6) is 0.610. The van der Waals surface area contributed by atoms with Crippen LogP contribution in [0.2, 0.25) is 0 Å². The van der Waals surface area contributed by atoms with Crippen molar-refractivity contribution >= 4 is 27.4 Å². The Morgan fingerprint density at radius 2 is 1.79 bits per heavy atom. The van der Waals surface area contributed by atoms with Gasteiger partial charge in [0.1, 0.15) is 0 Å². The summed E-state index contributed by atoms with van der Waals surface area (Å²) in [5, 5.41) is 14.8. The highest BCUT2D eigenvalue weighted by atomic mass is 16.6. The largest absolute Gasteiger partial charge is 0.269 e. The Balaban J connectivity index is 1.81. The van der Waals surface area contributed by atoms with Gasteiger partial charge in [0.25, 0.3) is 5.69 Å². The molecule has 4 nitrogen and oxygen atoms in total. The summed E-state index contributed by atoms with van der Waals surface area (Å²) < 4.78 is 0. The second-order valence-corrected chi connectivity index (χ2v) is 7.75. The van der Waals surface area contributed by atoms with Crippen LogP contribution >= 0.6 is 0 Å². The molecule has 1 atom stereocenters. The average molecular weight is 368 g/mol. The zero-order chi connectivity index (χ0) is 19.3. The van der Waals surface area contributed by atoms with Crippen LogP contribution in [0.25, 0.3) is 32.9 Å². The molecule has 0 unspecified atom stereocenters. The summed E-state index contributed by atoms with van der Waals surface area (Å²) in [7, 11) is 0. The molecule has 5 rings (SSSR count). The van der Waals surface area contributed by atoms with Crippen LogP contribution in [0, 0.1) is 16.0 Å². The van der Waals surface area contributed by atoms with Crippen molar-refractivity contribution < 1.29 is 4.92 Å². The van der Waals surface area contributed by atoms with Crippen molar-refractivity contribution in [2.75, 3.05) is 0 Å². The van der Waals surface area contributed by atoms with Gasteiger partial charge in [0, 0.05) is 23.1 Å². The highest BCUT2D eigenvalue weighted by Gasteiger charge is 2.24. The molecule has 0 spiro atoms. The van der Waals surface area contributed by atoms with E-state index in [9.17, 15) is 10.1 Å². The summed E-state index contributed by atoms with van der Waals surface area (Å²) in [5.41, 5.74) is 5.73. The van der Waals surface area contributed by atoms with Crippen molar-refractivity contribution in [3.8, 4) is 11.3 Å². The lowest BCUT2D eigenvalue weighted by Crippen LogP contribution is -2.14. The Kier molecular flexibility index (Phi) is 3.86. The predicted molar refractivity (Wildman–Crippen MR) is 113 cm³/mol. The summed E-state index contributed by atoms with van der Waals surface area (Å²) in [6, 6.07) is 19.5. The Morgan fingerprint density at radius 1 is 1.00 bits per heavy atom. The molecule has 0 aliphatic heterocycles. The number of fused-ring (bicyclic) bond motifs is 5. The Hall–Kier alpha value is -3.27. The van der Waals surface area contributed by atoms with Crippen LogP contribution in [-0.4, -0.2) is 9.91 Å². The van der Waals surface area contributed by atoms with Crippen LogP contribution in [0.15, 0.2) is 60.7 Å². The monoisotopic (exact) mass is 368 g/mol. The van der Waals surface area contributed by atoms with Gasteiger partial charge in [-0.05, 0) is 65.3 Å². The van der Waals surface area contributed by atoms with Crippen LogP contribution in [0.5, 0.6) is 0 Å². The zero-order valence-corrected chi connectivity index (χ0v) is 15.7. The normalized spacial score (nSPS) is 16.2. The van der Waals surface area contributed by atoms with Crippen molar-refractivity contribution in [1.82, 2.24) is 4.98 Å². The van der Waals surface area contributed by atoms with E-state index < -0.39 is 0 Å². The number of hydrogen-bond donors (Lipinski definition) is 0. The van der Waals surface area contributed by atoms with Crippen LogP contribution in [0.1, 0.15) is 24.5 Å². The molecule has 0 saturated heterocycles. The number of aromatic nitrogens is 1. The molecule has 1 heterocycles. The Bertz CT molecular complexity index is 1230. The molecule has 1 aliphatic carbocycles. The van der Waals surface area contributed by atoms with E-state index in [1.165, 1.54) is 33.7 Å². The van der Waals surface area contributed by atoms with Crippen LogP contribution < -0.4 is 0 Å². The molecule has 0 N–H and O–H groups in total. The molecule has 28 heavy (non-hydrogen) atoms. The quantitative estimate of drug-likeness (QED) is 0.244. The average Bonchev–Trinajstić information content (AvgIpc) is 2.72. The van der Waals surface area contributed by atoms with Gasteiger partial charge in [-0.2, -0.15) is 0 Å². The molecule has 1 aromatic heterocycles. The molecule has 4 heteroatoms. The second-order valence-electron chi connectivity index (χ2n) is 7.75. The van der Waals surface area contributed by atoms with E-state index >= 15 is 0 Å². The van der Waals surface area contributed by atoms with E-state index in [0.29, 0.717) is 5.92 Å². The number of rotatable bonds is 2. The number of nitro groups is 1. The van der Waals surface area contributed by atoms with Gasteiger partial charge in [-0.15, -0.1) is 0 Å².